The summed E-state index contributed by atoms with van der Waals surface area (Å²) in [5.41, 5.74) is 0. The zero-order valence-corrected chi connectivity index (χ0v) is 5.04. The van der Waals surface area contributed by atoms with Crippen molar-refractivity contribution in [3.05, 3.63) is 30.2 Å². The van der Waals surface area contributed by atoms with Crippen LogP contribution in [0.5, 0.6) is 0 Å². The smallest absolute Gasteiger partial charge is 0.135 e. The molecule has 0 amide bonds. The van der Waals surface area contributed by atoms with Crippen molar-refractivity contribution < 1.29 is 0 Å². The summed E-state index contributed by atoms with van der Waals surface area (Å²) in [6.07, 6.45) is 5.97. The molecule has 2 heteroatoms. The van der Waals surface area contributed by atoms with Crippen molar-refractivity contribution in [3.63, 3.8) is 0 Å². The molecule has 1 aliphatic carbocycles. The molecule has 2 rings (SSSR count). The highest BCUT2D eigenvalue weighted by Crippen LogP contribution is 2.35. The Kier molecular flexibility index (Phi) is 0.979. The molecule has 1 aromatic heterocycles. The molecule has 1 heterocycles. The summed E-state index contributed by atoms with van der Waals surface area (Å²) in [7, 11) is 0. The third-order valence-corrected chi connectivity index (χ3v) is 1.38. The predicted octanol–water partition coefficient (Wildman–Crippen LogP) is 1.19. The van der Waals surface area contributed by atoms with Gasteiger partial charge in [-0.05, 0) is 18.9 Å². The number of hydrogen-bond donors (Lipinski definition) is 0. The van der Waals surface area contributed by atoms with Crippen LogP contribution in [-0.2, 0) is 0 Å². The largest absolute Gasteiger partial charge is 0.241 e. The van der Waals surface area contributed by atoms with Gasteiger partial charge in [-0.1, -0.05) is 0 Å². The summed E-state index contributed by atoms with van der Waals surface area (Å²) in [5, 5.41) is 0. The number of hydrogen-bond acceptors (Lipinski definition) is 2. The van der Waals surface area contributed by atoms with Crippen molar-refractivity contribution in [1.29, 1.82) is 0 Å². The van der Waals surface area contributed by atoms with E-state index in [1.54, 1.807) is 12.4 Å². The van der Waals surface area contributed by atoms with Crippen molar-refractivity contribution in [2.45, 2.75) is 12.8 Å². The highest BCUT2D eigenvalue weighted by molar-refractivity contribution is 5.24. The van der Waals surface area contributed by atoms with E-state index in [4.69, 9.17) is 0 Å². The molecule has 0 aromatic carbocycles. The fraction of sp³-hybridized carbons (Fsp3) is 0.286. The Hall–Kier alpha value is -0.920. The van der Waals surface area contributed by atoms with Crippen molar-refractivity contribution in [2.24, 2.45) is 0 Å². The van der Waals surface area contributed by atoms with Crippen LogP contribution >= 0.6 is 0 Å². The summed E-state index contributed by atoms with van der Waals surface area (Å²) in [6, 6.07) is 1.84. The molecule has 0 unspecified atom stereocenters. The predicted molar refractivity (Wildman–Crippen MR) is 33.6 cm³/mol. The average Bonchev–Trinajstić information content (AvgIpc) is 2.71. The van der Waals surface area contributed by atoms with Crippen molar-refractivity contribution in [1.82, 2.24) is 9.97 Å². The zero-order chi connectivity index (χ0) is 6.10. The molecule has 1 aromatic rings. The van der Waals surface area contributed by atoms with Gasteiger partial charge in [0, 0.05) is 18.3 Å². The van der Waals surface area contributed by atoms with Gasteiger partial charge in [0.05, 0.1) is 0 Å². The molecule has 0 saturated heterocycles. The maximum absolute atomic E-state index is 4.09. The van der Waals surface area contributed by atoms with Gasteiger partial charge in [0.25, 0.3) is 0 Å². The van der Waals surface area contributed by atoms with E-state index in [0.717, 1.165) is 5.82 Å². The van der Waals surface area contributed by atoms with Gasteiger partial charge < -0.3 is 0 Å². The van der Waals surface area contributed by atoms with Crippen LogP contribution in [0.15, 0.2) is 18.5 Å². The molecule has 9 heavy (non-hydrogen) atoms. The van der Waals surface area contributed by atoms with Crippen molar-refractivity contribution in [3.8, 4) is 0 Å². The first-order chi connectivity index (χ1) is 4.47. The first kappa shape index (κ1) is 4.91. The molecule has 0 N–H and O–H groups in total. The van der Waals surface area contributed by atoms with Crippen LogP contribution < -0.4 is 0 Å². The number of aromatic nitrogens is 2. The van der Waals surface area contributed by atoms with E-state index in [1.807, 2.05) is 6.07 Å². The Morgan fingerprint density at radius 1 is 1.11 bits per heavy atom. The van der Waals surface area contributed by atoms with Gasteiger partial charge in [0.15, 0.2) is 0 Å². The molecular formula is C7H7N2. The Labute approximate surface area is 54.0 Å². The lowest BCUT2D eigenvalue weighted by Crippen LogP contribution is -1.88. The third-order valence-electron chi connectivity index (χ3n) is 1.38. The quantitative estimate of drug-likeness (QED) is 0.555. The van der Waals surface area contributed by atoms with Crippen LogP contribution in [-0.4, -0.2) is 9.97 Å². The minimum Gasteiger partial charge on any atom is -0.241 e. The Bertz CT molecular complexity index is 191. The highest BCUT2D eigenvalue weighted by Gasteiger charge is 2.26. The van der Waals surface area contributed by atoms with Gasteiger partial charge in [-0.25, -0.2) is 9.97 Å². The molecule has 0 atom stereocenters. The molecule has 0 aliphatic heterocycles. The molecule has 1 saturated carbocycles. The van der Waals surface area contributed by atoms with E-state index in [0.29, 0.717) is 0 Å². The van der Waals surface area contributed by atoms with E-state index in [1.165, 1.54) is 18.8 Å². The lowest BCUT2D eigenvalue weighted by Gasteiger charge is -1.89. The second-order valence-corrected chi connectivity index (χ2v) is 2.18. The molecule has 1 fully saturated rings. The van der Waals surface area contributed by atoms with Crippen LogP contribution in [0.25, 0.3) is 0 Å². The molecule has 0 bridgehead atoms. The fourth-order valence-electron chi connectivity index (χ4n) is 0.768. The van der Waals surface area contributed by atoms with Gasteiger partial charge >= 0.3 is 0 Å². The molecular weight excluding hydrogens is 112 g/mol. The SMILES string of the molecule is c1cnc([C]2CC2)nc1. The van der Waals surface area contributed by atoms with Crippen LogP contribution in [0.2, 0.25) is 0 Å². The number of nitrogens with zero attached hydrogens (tertiary/aromatic N) is 2. The molecule has 1 aliphatic rings. The lowest BCUT2D eigenvalue weighted by molar-refractivity contribution is 1.05. The van der Waals surface area contributed by atoms with Gasteiger partial charge in [-0.15, -0.1) is 0 Å². The average molecular weight is 119 g/mol. The summed E-state index contributed by atoms with van der Waals surface area (Å²) in [4.78, 5) is 8.19. The number of rotatable bonds is 1. The second-order valence-electron chi connectivity index (χ2n) is 2.18. The van der Waals surface area contributed by atoms with E-state index in [9.17, 15) is 0 Å². The highest BCUT2D eigenvalue weighted by atomic mass is 14.9. The third kappa shape index (κ3) is 0.922. The van der Waals surface area contributed by atoms with E-state index in [2.05, 4.69) is 9.97 Å². The monoisotopic (exact) mass is 119 g/mol. The van der Waals surface area contributed by atoms with Gasteiger partial charge in [0.2, 0.25) is 0 Å². The normalized spacial score (nSPS) is 17.8. The van der Waals surface area contributed by atoms with E-state index >= 15 is 0 Å². The Balaban J connectivity index is 2.29. The van der Waals surface area contributed by atoms with Crippen LogP contribution in [0, 0.1) is 5.92 Å². The standard InChI is InChI=1S/C7H7N2/c1-4-8-7(9-5-1)6-2-3-6/h1,4-5H,2-3H2. The minimum atomic E-state index is 0.942. The topological polar surface area (TPSA) is 25.8 Å². The van der Waals surface area contributed by atoms with Gasteiger partial charge in [-0.3, -0.25) is 0 Å². The van der Waals surface area contributed by atoms with Gasteiger partial charge in [-0.2, -0.15) is 0 Å². The van der Waals surface area contributed by atoms with Crippen LogP contribution in [0.1, 0.15) is 18.7 Å². The van der Waals surface area contributed by atoms with Gasteiger partial charge in [0.1, 0.15) is 5.82 Å². The second kappa shape index (κ2) is 1.79. The molecule has 2 nitrogen and oxygen atoms in total. The summed E-state index contributed by atoms with van der Waals surface area (Å²) in [6.45, 7) is 0. The first-order valence-electron chi connectivity index (χ1n) is 3.09. The van der Waals surface area contributed by atoms with E-state index < -0.39 is 0 Å². The fourth-order valence-corrected chi connectivity index (χ4v) is 0.768. The van der Waals surface area contributed by atoms with Crippen molar-refractivity contribution >= 4 is 0 Å². The maximum Gasteiger partial charge on any atom is 0.135 e. The lowest BCUT2D eigenvalue weighted by atomic mass is 10.4. The minimum absolute atomic E-state index is 0.942. The summed E-state index contributed by atoms with van der Waals surface area (Å²) >= 11 is 0. The molecule has 45 valence electrons. The van der Waals surface area contributed by atoms with Crippen molar-refractivity contribution in [2.75, 3.05) is 0 Å². The Morgan fingerprint density at radius 3 is 2.33 bits per heavy atom. The summed E-state index contributed by atoms with van der Waals surface area (Å²) < 4.78 is 0. The Morgan fingerprint density at radius 2 is 1.78 bits per heavy atom. The first-order valence-corrected chi connectivity index (χ1v) is 3.09. The molecule has 0 spiro atoms. The molecule has 1 radical (unpaired) electrons. The van der Waals surface area contributed by atoms with Crippen LogP contribution in [0.4, 0.5) is 0 Å². The maximum atomic E-state index is 4.09. The van der Waals surface area contributed by atoms with Crippen LogP contribution in [0.3, 0.4) is 0 Å². The zero-order valence-electron chi connectivity index (χ0n) is 5.04. The summed E-state index contributed by atoms with van der Waals surface area (Å²) in [5.74, 6) is 2.34. The van der Waals surface area contributed by atoms with E-state index in [-0.39, 0.29) is 0 Å².